The van der Waals surface area contributed by atoms with Gasteiger partial charge in [0.05, 0.1) is 30.4 Å². The van der Waals surface area contributed by atoms with E-state index in [1.807, 2.05) is 24.3 Å². The van der Waals surface area contributed by atoms with Crippen molar-refractivity contribution in [3.8, 4) is 11.1 Å². The summed E-state index contributed by atoms with van der Waals surface area (Å²) in [6.45, 7) is 5.32. The zero-order chi connectivity index (χ0) is 23.4. The summed E-state index contributed by atoms with van der Waals surface area (Å²) < 4.78 is 9.67. The first-order valence-corrected chi connectivity index (χ1v) is 12.4. The summed E-state index contributed by atoms with van der Waals surface area (Å²) in [5.41, 5.74) is 6.81. The molecule has 1 aromatic carbocycles. The largest absolute Gasteiger partial charge is 0.379 e. The second kappa shape index (κ2) is 8.43. The molecule has 6 rings (SSSR count). The van der Waals surface area contributed by atoms with Crippen LogP contribution in [0.5, 0.6) is 0 Å². The highest BCUT2D eigenvalue weighted by Crippen LogP contribution is 2.42. The monoisotopic (exact) mass is 480 g/mol. The molecule has 2 aromatic heterocycles. The molecular weight excluding hydrogens is 452 g/mol. The molecule has 1 amide bonds. The van der Waals surface area contributed by atoms with Crippen molar-refractivity contribution in [3.63, 3.8) is 0 Å². The van der Waals surface area contributed by atoms with Crippen LogP contribution in [-0.2, 0) is 36.0 Å². The Morgan fingerprint density at radius 1 is 1.24 bits per heavy atom. The van der Waals surface area contributed by atoms with Gasteiger partial charge in [0, 0.05) is 74.4 Å². The van der Waals surface area contributed by atoms with Gasteiger partial charge in [0.15, 0.2) is 5.82 Å². The number of fused-ring (bicyclic) bond motifs is 2. The lowest BCUT2D eigenvalue weighted by Crippen LogP contribution is -2.35. The molecule has 178 valence electrons. The average molecular weight is 481 g/mol. The van der Waals surface area contributed by atoms with Crippen LogP contribution in [0.4, 0.5) is 11.5 Å². The maximum Gasteiger partial charge on any atom is 0.219 e. The first-order valence-electron chi connectivity index (χ1n) is 12.0. The molecule has 0 radical (unpaired) electrons. The quantitative estimate of drug-likeness (QED) is 0.569. The van der Waals surface area contributed by atoms with E-state index in [2.05, 4.69) is 26.8 Å². The van der Waals surface area contributed by atoms with Gasteiger partial charge in [-0.3, -0.25) is 14.2 Å². The molecule has 3 aliphatic heterocycles. The van der Waals surface area contributed by atoms with E-state index < -0.39 is 0 Å². The zero-order valence-electron chi connectivity index (χ0n) is 19.6. The second-order valence-electron chi connectivity index (χ2n) is 9.52. The van der Waals surface area contributed by atoms with Gasteiger partial charge >= 0.3 is 0 Å². The third kappa shape index (κ3) is 3.60. The van der Waals surface area contributed by atoms with Crippen LogP contribution in [0.15, 0.2) is 24.5 Å². The average Bonchev–Trinajstić information content (AvgIpc) is 3.57. The third-order valence-electron chi connectivity index (χ3n) is 7.32. The number of hydrogen-bond acceptors (Lipinski definition) is 5. The lowest BCUT2D eigenvalue weighted by atomic mass is 9.96. The molecule has 8 nitrogen and oxygen atoms in total. The summed E-state index contributed by atoms with van der Waals surface area (Å²) in [4.78, 5) is 16.5. The van der Waals surface area contributed by atoms with Crippen LogP contribution in [0.1, 0.15) is 42.6 Å². The summed E-state index contributed by atoms with van der Waals surface area (Å²) in [6.07, 6.45) is 7.67. The summed E-state index contributed by atoms with van der Waals surface area (Å²) in [5.74, 6) is 1.07. The van der Waals surface area contributed by atoms with Crippen LogP contribution in [0, 0.1) is 0 Å². The molecule has 34 heavy (non-hydrogen) atoms. The number of ether oxygens (including phenoxy) is 1. The van der Waals surface area contributed by atoms with Gasteiger partial charge in [-0.25, -0.2) is 0 Å². The zero-order valence-corrected chi connectivity index (χ0v) is 20.4. The van der Waals surface area contributed by atoms with Crippen molar-refractivity contribution in [2.45, 2.75) is 45.2 Å². The molecule has 1 atom stereocenters. The van der Waals surface area contributed by atoms with Gasteiger partial charge in [-0.2, -0.15) is 10.2 Å². The Morgan fingerprint density at radius 3 is 2.85 bits per heavy atom. The lowest BCUT2D eigenvalue weighted by Gasteiger charge is -2.33. The second-order valence-corrected chi connectivity index (χ2v) is 9.93. The normalized spacial score (nSPS) is 19.9. The molecule has 0 saturated carbocycles. The Morgan fingerprint density at radius 2 is 2.12 bits per heavy atom. The minimum atomic E-state index is 0.108. The molecule has 0 bridgehead atoms. The summed E-state index contributed by atoms with van der Waals surface area (Å²) in [7, 11) is 1.91. The fourth-order valence-electron chi connectivity index (χ4n) is 5.54. The maximum atomic E-state index is 12.2. The Bertz CT molecular complexity index is 1260. The third-order valence-corrected chi connectivity index (χ3v) is 7.63. The molecule has 3 aromatic rings. The van der Waals surface area contributed by atoms with Gasteiger partial charge < -0.3 is 14.5 Å². The number of benzene rings is 1. The smallest absolute Gasteiger partial charge is 0.219 e. The van der Waals surface area contributed by atoms with Gasteiger partial charge in [-0.1, -0.05) is 11.6 Å². The fraction of sp³-hybridized carbons (Fsp3) is 0.480. The number of carbonyl (C=O) groups excluding carboxylic acids is 1. The van der Waals surface area contributed by atoms with Crippen LogP contribution in [0.25, 0.3) is 11.1 Å². The molecular formula is C25H29ClN6O2. The number of aryl methyl sites for hydroxylation is 2. The Labute approximate surface area is 204 Å². The molecule has 9 heteroatoms. The predicted octanol–water partition coefficient (Wildman–Crippen LogP) is 3.89. The van der Waals surface area contributed by atoms with Crippen molar-refractivity contribution in [2.75, 3.05) is 31.2 Å². The fourth-order valence-corrected chi connectivity index (χ4v) is 5.81. The van der Waals surface area contributed by atoms with Gasteiger partial charge in [0.25, 0.3) is 0 Å². The van der Waals surface area contributed by atoms with E-state index in [4.69, 9.17) is 21.4 Å². The number of halogens is 1. The number of hydrogen-bond donors (Lipinski definition) is 0. The molecule has 1 unspecified atom stereocenters. The van der Waals surface area contributed by atoms with E-state index >= 15 is 0 Å². The first-order chi connectivity index (χ1) is 16.5. The van der Waals surface area contributed by atoms with E-state index in [9.17, 15) is 4.79 Å². The maximum absolute atomic E-state index is 12.2. The number of carbonyl (C=O) groups is 1. The van der Waals surface area contributed by atoms with Crippen molar-refractivity contribution in [2.24, 2.45) is 7.05 Å². The number of aromatic nitrogens is 4. The van der Waals surface area contributed by atoms with E-state index in [0.717, 1.165) is 73.6 Å². The van der Waals surface area contributed by atoms with Gasteiger partial charge in [-0.05, 0) is 37.0 Å². The van der Waals surface area contributed by atoms with Crippen molar-refractivity contribution in [3.05, 3.63) is 46.4 Å². The topological polar surface area (TPSA) is 68.4 Å². The van der Waals surface area contributed by atoms with Gasteiger partial charge in [-0.15, -0.1) is 0 Å². The highest BCUT2D eigenvalue weighted by atomic mass is 35.5. The SMILES string of the molecule is CC(=O)N1CCc2c(c(N3CCCc4cc(-c5cnn(C)c5)c(Cl)cc43)nn2C2CCOC2)C1. The standard InChI is InChI=1S/C25H29ClN6O2/c1-16(33)30-8-5-23-21(14-30)25(28-32(23)19-6-9-34-15-19)31-7-3-4-17-10-20(22(26)11-24(17)31)18-12-27-29(2)13-18/h10-13,19H,3-9,14-15H2,1-2H3. The molecule has 1 fully saturated rings. The summed E-state index contributed by atoms with van der Waals surface area (Å²) in [6, 6.07) is 4.54. The van der Waals surface area contributed by atoms with Crippen molar-refractivity contribution in [1.82, 2.24) is 24.5 Å². The minimum Gasteiger partial charge on any atom is -0.379 e. The number of amides is 1. The van der Waals surface area contributed by atoms with Crippen LogP contribution < -0.4 is 4.90 Å². The van der Waals surface area contributed by atoms with Crippen molar-refractivity contribution in [1.29, 1.82) is 0 Å². The highest BCUT2D eigenvalue weighted by Gasteiger charge is 2.34. The molecule has 3 aliphatic rings. The van der Waals surface area contributed by atoms with Crippen LogP contribution in [0.3, 0.4) is 0 Å². The molecule has 1 saturated heterocycles. The molecule has 0 spiro atoms. The van der Waals surface area contributed by atoms with Crippen molar-refractivity contribution < 1.29 is 9.53 Å². The van der Waals surface area contributed by atoms with E-state index in [1.165, 1.54) is 11.3 Å². The van der Waals surface area contributed by atoms with Crippen LogP contribution in [0.2, 0.25) is 5.02 Å². The van der Waals surface area contributed by atoms with E-state index in [1.54, 1.807) is 11.6 Å². The van der Waals surface area contributed by atoms with E-state index in [-0.39, 0.29) is 11.9 Å². The number of nitrogens with zero attached hydrogens (tertiary/aromatic N) is 6. The van der Waals surface area contributed by atoms with Crippen LogP contribution >= 0.6 is 11.6 Å². The van der Waals surface area contributed by atoms with Gasteiger partial charge in [0.1, 0.15) is 0 Å². The Kier molecular flexibility index (Phi) is 5.37. The minimum absolute atomic E-state index is 0.108. The van der Waals surface area contributed by atoms with Crippen LogP contribution in [-0.4, -0.2) is 56.7 Å². The first kappa shape index (κ1) is 21.7. The molecule has 0 aliphatic carbocycles. The summed E-state index contributed by atoms with van der Waals surface area (Å²) in [5, 5.41) is 10.2. The number of rotatable bonds is 3. The van der Waals surface area contributed by atoms with Crippen molar-refractivity contribution >= 4 is 29.0 Å². The predicted molar refractivity (Wildman–Crippen MR) is 130 cm³/mol. The van der Waals surface area contributed by atoms with Gasteiger partial charge in [0.2, 0.25) is 5.91 Å². The Balaban J connectivity index is 1.44. The lowest BCUT2D eigenvalue weighted by molar-refractivity contribution is -0.129. The molecule has 0 N–H and O–H groups in total. The Hall–Kier alpha value is -2.84. The molecule has 5 heterocycles. The van der Waals surface area contributed by atoms with E-state index in [0.29, 0.717) is 18.2 Å². The summed E-state index contributed by atoms with van der Waals surface area (Å²) >= 11 is 6.82. The highest BCUT2D eigenvalue weighted by molar-refractivity contribution is 6.33. The number of anilines is 2.